The van der Waals surface area contributed by atoms with Gasteiger partial charge >= 0.3 is 0 Å². The number of carbonyl (C=O) groups is 1. The number of hydrogen-bond acceptors (Lipinski definition) is 4. The van der Waals surface area contributed by atoms with Gasteiger partial charge in [-0.2, -0.15) is 11.8 Å². The number of nitro benzene ring substituents is 1. The molecule has 0 unspecified atom stereocenters. The van der Waals surface area contributed by atoms with Gasteiger partial charge in [-0.15, -0.1) is 0 Å². The van der Waals surface area contributed by atoms with Crippen LogP contribution in [0.25, 0.3) is 0 Å². The normalized spacial score (nSPS) is 10.1. The van der Waals surface area contributed by atoms with Crippen molar-refractivity contribution in [2.75, 3.05) is 11.6 Å². The van der Waals surface area contributed by atoms with Gasteiger partial charge in [0.1, 0.15) is 0 Å². The molecule has 6 heteroatoms. The first-order chi connectivity index (χ1) is 10.1. The Morgan fingerprint density at radius 3 is 2.29 bits per heavy atom. The molecule has 1 amide bonds. The lowest BCUT2D eigenvalue weighted by Gasteiger charge is -2.06. The molecule has 0 aliphatic carbocycles. The second-order valence-electron chi connectivity index (χ2n) is 4.39. The number of benzene rings is 2. The lowest BCUT2D eigenvalue weighted by Crippen LogP contribution is -2.11. The van der Waals surface area contributed by atoms with Gasteiger partial charge in [-0.1, -0.05) is 12.1 Å². The topological polar surface area (TPSA) is 72.2 Å². The van der Waals surface area contributed by atoms with Crippen LogP contribution < -0.4 is 5.32 Å². The second kappa shape index (κ2) is 6.90. The molecule has 1 N–H and O–H groups in total. The number of nitrogens with one attached hydrogen (secondary N) is 1. The summed E-state index contributed by atoms with van der Waals surface area (Å²) in [6.07, 6.45) is 2.02. The third-order valence-corrected chi connectivity index (χ3v) is 3.49. The molecule has 108 valence electrons. The van der Waals surface area contributed by atoms with Gasteiger partial charge in [0.05, 0.1) is 4.92 Å². The first kappa shape index (κ1) is 15.1. The third-order valence-electron chi connectivity index (χ3n) is 2.86. The summed E-state index contributed by atoms with van der Waals surface area (Å²) in [6, 6.07) is 13.1. The summed E-state index contributed by atoms with van der Waals surface area (Å²) >= 11 is 1.72. The Morgan fingerprint density at radius 2 is 1.76 bits per heavy atom. The van der Waals surface area contributed by atoms with Crippen LogP contribution in [0.3, 0.4) is 0 Å². The summed E-state index contributed by atoms with van der Waals surface area (Å²) in [5.41, 5.74) is 2.24. The standard InChI is InChI=1S/C15H14N2O3S/c1-21-10-11-2-4-12(5-3-11)15(18)16-13-6-8-14(9-7-13)17(19)20/h2-9H,10H2,1H3,(H,16,18). The molecule has 0 aromatic heterocycles. The van der Waals surface area contributed by atoms with Crippen molar-refractivity contribution in [2.45, 2.75) is 5.75 Å². The van der Waals surface area contributed by atoms with E-state index >= 15 is 0 Å². The van der Waals surface area contributed by atoms with E-state index in [1.165, 1.54) is 24.3 Å². The van der Waals surface area contributed by atoms with Crippen LogP contribution in [0.2, 0.25) is 0 Å². The van der Waals surface area contributed by atoms with Crippen LogP contribution in [0.15, 0.2) is 48.5 Å². The molecule has 2 aromatic rings. The van der Waals surface area contributed by atoms with E-state index in [0.29, 0.717) is 11.3 Å². The quantitative estimate of drug-likeness (QED) is 0.675. The Labute approximate surface area is 126 Å². The number of thioether (sulfide) groups is 1. The lowest BCUT2D eigenvalue weighted by molar-refractivity contribution is -0.384. The summed E-state index contributed by atoms with van der Waals surface area (Å²) in [6.45, 7) is 0. The van der Waals surface area contributed by atoms with Crippen molar-refractivity contribution < 1.29 is 9.72 Å². The van der Waals surface area contributed by atoms with Crippen molar-refractivity contribution in [2.24, 2.45) is 0 Å². The minimum Gasteiger partial charge on any atom is -0.322 e. The largest absolute Gasteiger partial charge is 0.322 e. The van der Waals surface area contributed by atoms with Crippen LogP contribution in [0.5, 0.6) is 0 Å². The Bertz CT molecular complexity index is 639. The smallest absolute Gasteiger partial charge is 0.269 e. The van der Waals surface area contributed by atoms with Crippen LogP contribution in [0.4, 0.5) is 11.4 Å². The zero-order chi connectivity index (χ0) is 15.2. The minimum absolute atomic E-state index is 0.00517. The molecule has 0 bridgehead atoms. The monoisotopic (exact) mass is 302 g/mol. The van der Waals surface area contributed by atoms with E-state index in [-0.39, 0.29) is 11.6 Å². The molecule has 0 fully saturated rings. The highest BCUT2D eigenvalue weighted by atomic mass is 32.2. The van der Waals surface area contributed by atoms with E-state index in [9.17, 15) is 14.9 Å². The summed E-state index contributed by atoms with van der Waals surface area (Å²) < 4.78 is 0. The Morgan fingerprint density at radius 1 is 1.14 bits per heavy atom. The zero-order valence-corrected chi connectivity index (χ0v) is 12.2. The number of amides is 1. The maximum Gasteiger partial charge on any atom is 0.269 e. The number of hydrogen-bond donors (Lipinski definition) is 1. The van der Waals surface area contributed by atoms with Crippen molar-refractivity contribution in [1.82, 2.24) is 0 Å². The van der Waals surface area contributed by atoms with Gasteiger partial charge in [-0.3, -0.25) is 14.9 Å². The first-order valence-electron chi connectivity index (χ1n) is 6.24. The highest BCUT2D eigenvalue weighted by Gasteiger charge is 2.08. The molecule has 0 aliphatic heterocycles. The zero-order valence-electron chi connectivity index (χ0n) is 11.4. The number of carbonyl (C=O) groups excluding carboxylic acids is 1. The van der Waals surface area contributed by atoms with Crippen molar-refractivity contribution in [3.05, 3.63) is 69.8 Å². The predicted molar refractivity (Wildman–Crippen MR) is 84.7 cm³/mol. The van der Waals surface area contributed by atoms with Crippen molar-refractivity contribution in [3.8, 4) is 0 Å². The van der Waals surface area contributed by atoms with Crippen LogP contribution in [-0.4, -0.2) is 17.1 Å². The molecular weight excluding hydrogens is 288 g/mol. The molecule has 0 saturated carbocycles. The Balaban J connectivity index is 2.05. The van der Waals surface area contributed by atoms with Crippen LogP contribution in [-0.2, 0) is 5.75 Å². The fourth-order valence-corrected chi connectivity index (χ4v) is 2.31. The molecule has 0 heterocycles. The summed E-state index contributed by atoms with van der Waals surface area (Å²) in [4.78, 5) is 22.1. The first-order valence-corrected chi connectivity index (χ1v) is 7.63. The molecule has 2 aromatic carbocycles. The molecule has 0 aliphatic rings. The molecule has 0 radical (unpaired) electrons. The van der Waals surface area contributed by atoms with Gasteiger partial charge in [0.25, 0.3) is 11.6 Å². The minimum atomic E-state index is -0.476. The van der Waals surface area contributed by atoms with E-state index in [4.69, 9.17) is 0 Å². The molecular formula is C15H14N2O3S. The van der Waals surface area contributed by atoms with E-state index in [0.717, 1.165) is 11.3 Å². The predicted octanol–water partition coefficient (Wildman–Crippen LogP) is 3.71. The highest BCUT2D eigenvalue weighted by molar-refractivity contribution is 7.97. The van der Waals surface area contributed by atoms with Crippen molar-refractivity contribution >= 4 is 29.0 Å². The molecule has 5 nitrogen and oxygen atoms in total. The van der Waals surface area contributed by atoms with Crippen molar-refractivity contribution in [1.29, 1.82) is 0 Å². The van der Waals surface area contributed by atoms with Gasteiger partial charge < -0.3 is 5.32 Å². The summed E-state index contributed by atoms with van der Waals surface area (Å²) in [5, 5.41) is 13.3. The van der Waals surface area contributed by atoms with Gasteiger partial charge in [-0.05, 0) is 36.1 Å². The summed E-state index contributed by atoms with van der Waals surface area (Å²) in [7, 11) is 0. The van der Waals surface area contributed by atoms with Crippen LogP contribution >= 0.6 is 11.8 Å². The van der Waals surface area contributed by atoms with Gasteiger partial charge in [0, 0.05) is 29.1 Å². The van der Waals surface area contributed by atoms with E-state index in [2.05, 4.69) is 5.32 Å². The number of nitrogens with zero attached hydrogens (tertiary/aromatic N) is 1. The molecule has 21 heavy (non-hydrogen) atoms. The highest BCUT2D eigenvalue weighted by Crippen LogP contribution is 2.17. The Hall–Kier alpha value is -2.34. The average molecular weight is 302 g/mol. The SMILES string of the molecule is CSCc1ccc(C(=O)Nc2ccc([N+](=O)[O-])cc2)cc1. The van der Waals surface area contributed by atoms with Crippen LogP contribution in [0, 0.1) is 10.1 Å². The van der Waals surface area contributed by atoms with E-state index < -0.39 is 4.92 Å². The Kier molecular flexibility index (Phi) is 4.94. The summed E-state index contributed by atoms with van der Waals surface area (Å²) in [5.74, 6) is 0.670. The third kappa shape index (κ3) is 4.06. The number of non-ortho nitro benzene ring substituents is 1. The molecule has 0 spiro atoms. The van der Waals surface area contributed by atoms with Crippen molar-refractivity contribution in [3.63, 3.8) is 0 Å². The maximum absolute atomic E-state index is 12.1. The number of rotatable bonds is 5. The molecule has 0 saturated heterocycles. The maximum atomic E-state index is 12.1. The number of anilines is 1. The number of nitro groups is 1. The average Bonchev–Trinajstić information content (AvgIpc) is 2.49. The second-order valence-corrected chi connectivity index (χ2v) is 5.25. The van der Waals surface area contributed by atoms with Gasteiger partial charge in [0.15, 0.2) is 0 Å². The fraction of sp³-hybridized carbons (Fsp3) is 0.133. The van der Waals surface area contributed by atoms with Gasteiger partial charge in [-0.25, -0.2) is 0 Å². The molecule has 0 atom stereocenters. The van der Waals surface area contributed by atoms with Gasteiger partial charge in [0.2, 0.25) is 0 Å². The van der Waals surface area contributed by atoms with Crippen LogP contribution in [0.1, 0.15) is 15.9 Å². The molecule has 2 rings (SSSR count). The van der Waals surface area contributed by atoms with E-state index in [1.807, 2.05) is 18.4 Å². The lowest BCUT2D eigenvalue weighted by atomic mass is 10.1. The van der Waals surface area contributed by atoms with E-state index in [1.54, 1.807) is 23.9 Å². The fourth-order valence-electron chi connectivity index (χ4n) is 1.79.